The van der Waals surface area contributed by atoms with Gasteiger partial charge in [0, 0.05) is 34.8 Å². The molecule has 0 aliphatic rings. The van der Waals surface area contributed by atoms with Crippen LogP contribution in [-0.4, -0.2) is 40.8 Å². The summed E-state index contributed by atoms with van der Waals surface area (Å²) in [5.74, 6) is 1.28. The van der Waals surface area contributed by atoms with Gasteiger partial charge in [-0.1, -0.05) is 23.4 Å². The number of methoxy groups -OCH3 is 2. The second-order valence-corrected chi connectivity index (χ2v) is 7.48. The maximum Gasteiger partial charge on any atom is 0.234 e. The quantitative estimate of drug-likeness (QED) is 0.368. The van der Waals surface area contributed by atoms with Crippen LogP contribution in [0.5, 0.6) is 11.5 Å². The van der Waals surface area contributed by atoms with Crippen LogP contribution < -0.4 is 14.8 Å². The normalized spacial score (nSPS) is 11.0. The lowest BCUT2D eigenvalue weighted by atomic mass is 10.2. The van der Waals surface area contributed by atoms with Crippen molar-refractivity contribution >= 4 is 45.3 Å². The fraction of sp³-hybridized carbons (Fsp3) is 0.190. The Kier molecular flexibility index (Phi) is 5.26. The van der Waals surface area contributed by atoms with E-state index in [0.29, 0.717) is 17.2 Å². The molecule has 0 atom stereocenters. The van der Waals surface area contributed by atoms with Crippen molar-refractivity contribution in [1.82, 2.24) is 15.0 Å². The van der Waals surface area contributed by atoms with Crippen molar-refractivity contribution in [2.24, 2.45) is 0 Å². The molecule has 29 heavy (non-hydrogen) atoms. The first-order chi connectivity index (χ1) is 14.1. The third kappa shape index (κ3) is 3.97. The summed E-state index contributed by atoms with van der Waals surface area (Å²) < 4.78 is 10.5. The van der Waals surface area contributed by atoms with Gasteiger partial charge in [0.25, 0.3) is 0 Å². The molecule has 148 valence electrons. The smallest absolute Gasteiger partial charge is 0.234 e. The van der Waals surface area contributed by atoms with Crippen molar-refractivity contribution in [2.45, 2.75) is 11.9 Å². The standard InChI is InChI=1S/C21H20N4O3S/c1-12-4-5-17-16(6-12)19-20(25-17)21(23-11-22-19)29-10-18(26)24-13-7-14(27-2)9-15(8-13)28-3/h4-9,11,25H,10H2,1-3H3,(H,24,26). The van der Waals surface area contributed by atoms with E-state index in [0.717, 1.165) is 27.0 Å². The van der Waals surface area contributed by atoms with Gasteiger partial charge in [0.05, 0.1) is 25.5 Å². The van der Waals surface area contributed by atoms with Gasteiger partial charge in [0.1, 0.15) is 28.4 Å². The lowest BCUT2D eigenvalue weighted by molar-refractivity contribution is -0.113. The minimum Gasteiger partial charge on any atom is -0.497 e. The van der Waals surface area contributed by atoms with Gasteiger partial charge in [0.15, 0.2) is 0 Å². The fourth-order valence-corrected chi connectivity index (χ4v) is 3.86. The number of rotatable bonds is 6. The highest BCUT2D eigenvalue weighted by molar-refractivity contribution is 8.00. The van der Waals surface area contributed by atoms with Gasteiger partial charge in [-0.05, 0) is 19.1 Å². The highest BCUT2D eigenvalue weighted by Gasteiger charge is 2.13. The molecule has 2 aromatic heterocycles. The van der Waals surface area contributed by atoms with Gasteiger partial charge >= 0.3 is 0 Å². The summed E-state index contributed by atoms with van der Waals surface area (Å²) in [5.41, 5.74) is 4.48. The van der Waals surface area contributed by atoms with E-state index in [4.69, 9.17) is 9.47 Å². The molecule has 2 N–H and O–H groups in total. The number of carbonyl (C=O) groups is 1. The number of aromatic nitrogens is 3. The molecule has 7 nitrogen and oxygen atoms in total. The molecule has 4 rings (SSSR count). The number of hydrogen-bond donors (Lipinski definition) is 2. The Hall–Kier alpha value is -3.26. The number of amides is 1. The number of aryl methyl sites for hydroxylation is 1. The number of nitrogens with one attached hydrogen (secondary N) is 2. The molecule has 0 fully saturated rings. The van der Waals surface area contributed by atoms with Crippen LogP contribution in [0.25, 0.3) is 21.9 Å². The van der Waals surface area contributed by atoms with E-state index in [2.05, 4.69) is 26.3 Å². The highest BCUT2D eigenvalue weighted by Crippen LogP contribution is 2.30. The van der Waals surface area contributed by atoms with Gasteiger partial charge < -0.3 is 19.8 Å². The zero-order valence-electron chi connectivity index (χ0n) is 16.3. The molecular weight excluding hydrogens is 388 g/mol. The molecule has 1 amide bonds. The maximum absolute atomic E-state index is 12.5. The van der Waals surface area contributed by atoms with Crippen LogP contribution in [0.15, 0.2) is 47.8 Å². The predicted molar refractivity (Wildman–Crippen MR) is 115 cm³/mol. The highest BCUT2D eigenvalue weighted by atomic mass is 32.2. The van der Waals surface area contributed by atoms with Crippen molar-refractivity contribution in [3.63, 3.8) is 0 Å². The molecule has 0 aliphatic heterocycles. The molecule has 2 heterocycles. The average molecular weight is 408 g/mol. The van der Waals surface area contributed by atoms with Crippen LogP contribution in [0.2, 0.25) is 0 Å². The second kappa shape index (κ2) is 8.00. The number of carbonyl (C=O) groups excluding carboxylic acids is 1. The summed E-state index contributed by atoms with van der Waals surface area (Å²) in [6.07, 6.45) is 1.53. The van der Waals surface area contributed by atoms with E-state index in [-0.39, 0.29) is 11.7 Å². The van der Waals surface area contributed by atoms with E-state index < -0.39 is 0 Å². The first-order valence-electron chi connectivity index (χ1n) is 8.96. The predicted octanol–water partition coefficient (Wildman–Crippen LogP) is 4.17. The third-order valence-corrected chi connectivity index (χ3v) is 5.47. The number of aromatic amines is 1. The van der Waals surface area contributed by atoms with Crippen LogP contribution >= 0.6 is 11.8 Å². The first-order valence-corrected chi connectivity index (χ1v) is 9.94. The van der Waals surface area contributed by atoms with Crippen LogP contribution in [0, 0.1) is 6.92 Å². The zero-order valence-corrected chi connectivity index (χ0v) is 17.1. The fourth-order valence-electron chi connectivity index (χ4n) is 3.10. The summed E-state index contributed by atoms with van der Waals surface area (Å²) in [4.78, 5) is 24.6. The molecule has 0 radical (unpaired) electrons. The van der Waals surface area contributed by atoms with Crippen molar-refractivity contribution in [1.29, 1.82) is 0 Å². The average Bonchev–Trinajstić information content (AvgIpc) is 3.10. The van der Waals surface area contributed by atoms with Crippen molar-refractivity contribution in [2.75, 3.05) is 25.3 Å². The number of fused-ring (bicyclic) bond motifs is 3. The van der Waals surface area contributed by atoms with E-state index >= 15 is 0 Å². The van der Waals surface area contributed by atoms with Crippen LogP contribution in [0.3, 0.4) is 0 Å². The minimum atomic E-state index is -0.149. The summed E-state index contributed by atoms with van der Waals surface area (Å²) in [7, 11) is 3.14. The largest absolute Gasteiger partial charge is 0.497 e. The monoisotopic (exact) mass is 408 g/mol. The summed E-state index contributed by atoms with van der Waals surface area (Å²) in [6, 6.07) is 11.4. The maximum atomic E-state index is 12.5. The van der Waals surface area contributed by atoms with Gasteiger partial charge in [0.2, 0.25) is 5.91 Å². The number of nitrogens with zero attached hydrogens (tertiary/aromatic N) is 2. The Morgan fingerprint density at radius 2 is 1.86 bits per heavy atom. The molecule has 0 aliphatic carbocycles. The Bertz CT molecular complexity index is 1180. The topological polar surface area (TPSA) is 89.1 Å². The number of benzene rings is 2. The van der Waals surface area contributed by atoms with Gasteiger partial charge in [-0.25, -0.2) is 9.97 Å². The lowest BCUT2D eigenvalue weighted by Gasteiger charge is -2.09. The van der Waals surface area contributed by atoms with Crippen molar-refractivity contribution in [3.8, 4) is 11.5 Å². The Balaban J connectivity index is 1.52. The van der Waals surface area contributed by atoms with Gasteiger partial charge in [-0.2, -0.15) is 0 Å². The summed E-state index contributed by atoms with van der Waals surface area (Å²) in [6.45, 7) is 2.05. The molecule has 2 aromatic carbocycles. The van der Waals surface area contributed by atoms with E-state index in [1.807, 2.05) is 19.1 Å². The Morgan fingerprint density at radius 3 is 2.59 bits per heavy atom. The molecule has 0 saturated heterocycles. The molecule has 0 saturated carbocycles. The van der Waals surface area contributed by atoms with Crippen LogP contribution in [0.1, 0.15) is 5.56 Å². The summed E-state index contributed by atoms with van der Waals surface area (Å²) >= 11 is 1.36. The first kappa shape index (κ1) is 19.1. The second-order valence-electron chi connectivity index (χ2n) is 6.51. The number of anilines is 1. The lowest BCUT2D eigenvalue weighted by Crippen LogP contribution is -2.14. The molecule has 0 unspecified atom stereocenters. The third-order valence-electron chi connectivity index (χ3n) is 4.48. The number of hydrogen-bond acceptors (Lipinski definition) is 6. The van der Waals surface area contributed by atoms with Gasteiger partial charge in [-0.15, -0.1) is 0 Å². The Labute approximate surface area is 171 Å². The van der Waals surface area contributed by atoms with E-state index in [1.54, 1.807) is 32.4 Å². The number of H-pyrrole nitrogens is 1. The van der Waals surface area contributed by atoms with Crippen molar-refractivity contribution < 1.29 is 14.3 Å². The van der Waals surface area contributed by atoms with Crippen LogP contribution in [0.4, 0.5) is 5.69 Å². The Morgan fingerprint density at radius 1 is 1.10 bits per heavy atom. The molecule has 0 spiro atoms. The summed E-state index contributed by atoms with van der Waals surface area (Å²) in [5, 5.41) is 4.66. The van der Waals surface area contributed by atoms with Crippen molar-refractivity contribution in [3.05, 3.63) is 48.3 Å². The SMILES string of the molecule is COc1cc(NC(=O)CSc2ncnc3c2[nH]c2ccc(C)cc23)cc(OC)c1. The number of thioether (sulfide) groups is 1. The zero-order chi connectivity index (χ0) is 20.4. The van der Waals surface area contributed by atoms with Gasteiger partial charge in [-0.3, -0.25) is 4.79 Å². The molecule has 8 heteroatoms. The molecular formula is C21H20N4O3S. The number of ether oxygens (including phenoxy) is 2. The molecule has 4 aromatic rings. The minimum absolute atomic E-state index is 0.149. The van der Waals surface area contributed by atoms with Crippen LogP contribution in [-0.2, 0) is 4.79 Å². The van der Waals surface area contributed by atoms with E-state index in [1.165, 1.54) is 23.7 Å². The van der Waals surface area contributed by atoms with E-state index in [9.17, 15) is 4.79 Å². The molecule has 0 bridgehead atoms.